The Morgan fingerprint density at radius 3 is 2.80 bits per heavy atom. The number of nitrogens with zero attached hydrogens (tertiary/aromatic N) is 3. The van der Waals surface area contributed by atoms with Gasteiger partial charge in [0.25, 0.3) is 0 Å². The van der Waals surface area contributed by atoms with Gasteiger partial charge in [-0.3, -0.25) is 0 Å². The Morgan fingerprint density at radius 1 is 1.20 bits per heavy atom. The molecule has 0 amide bonds. The smallest absolute Gasteiger partial charge is 0.157 e. The fourth-order valence-corrected chi connectivity index (χ4v) is 3.83. The molecule has 3 aromatic rings. The van der Waals surface area contributed by atoms with Crippen molar-refractivity contribution in [2.45, 2.75) is 22.7 Å². The monoisotopic (exact) mass is 302 g/mol. The van der Waals surface area contributed by atoms with Crippen LogP contribution in [0.2, 0.25) is 0 Å². The minimum Gasteiger partial charge on any atom is -0.373 e. The Kier molecular flexibility index (Phi) is 3.84. The summed E-state index contributed by atoms with van der Waals surface area (Å²) in [6.45, 7) is 2.06. The van der Waals surface area contributed by atoms with Gasteiger partial charge >= 0.3 is 0 Å². The van der Waals surface area contributed by atoms with E-state index in [0.29, 0.717) is 0 Å². The molecule has 4 nitrogen and oxygen atoms in total. The van der Waals surface area contributed by atoms with Crippen molar-refractivity contribution >= 4 is 39.1 Å². The second-order valence-electron chi connectivity index (χ2n) is 4.16. The predicted molar refractivity (Wildman–Crippen MR) is 84.7 cm³/mol. The molecule has 3 rings (SSSR count). The number of aryl methyl sites for hydroxylation is 1. The molecule has 0 radical (unpaired) electrons. The van der Waals surface area contributed by atoms with Crippen molar-refractivity contribution in [3.05, 3.63) is 36.2 Å². The molecule has 6 heteroatoms. The van der Waals surface area contributed by atoms with Crippen LogP contribution in [0.1, 0.15) is 12.7 Å². The van der Waals surface area contributed by atoms with E-state index in [4.69, 9.17) is 0 Å². The minimum absolute atomic E-state index is 0.822. The van der Waals surface area contributed by atoms with E-state index in [1.165, 1.54) is 4.70 Å². The van der Waals surface area contributed by atoms with E-state index in [2.05, 4.69) is 33.3 Å². The molecule has 0 aliphatic rings. The molecule has 2 heterocycles. The van der Waals surface area contributed by atoms with Gasteiger partial charge in [-0.1, -0.05) is 19.1 Å². The van der Waals surface area contributed by atoms with Gasteiger partial charge in [-0.2, -0.15) is 0 Å². The molecule has 0 saturated heterocycles. The third-order valence-electron chi connectivity index (χ3n) is 2.79. The predicted octanol–water partition coefficient (Wildman–Crippen LogP) is 3.84. The number of nitrogens with one attached hydrogen (secondary N) is 1. The van der Waals surface area contributed by atoms with Crippen molar-refractivity contribution in [2.24, 2.45) is 0 Å². The van der Waals surface area contributed by atoms with Crippen molar-refractivity contribution in [3.8, 4) is 0 Å². The summed E-state index contributed by atoms with van der Waals surface area (Å²) in [6.07, 6.45) is 0.822. The Bertz CT molecular complexity index is 684. The summed E-state index contributed by atoms with van der Waals surface area (Å²) in [5, 5.41) is 4.00. The molecule has 1 N–H and O–H groups in total. The van der Waals surface area contributed by atoms with Gasteiger partial charge in [0.2, 0.25) is 0 Å². The minimum atomic E-state index is 0.822. The lowest BCUT2D eigenvalue weighted by Gasteiger charge is -2.04. The second-order valence-corrected chi connectivity index (χ2v) is 6.46. The van der Waals surface area contributed by atoms with E-state index in [1.54, 1.807) is 23.1 Å². The van der Waals surface area contributed by atoms with E-state index in [9.17, 15) is 0 Å². The molecule has 1 aromatic carbocycles. The summed E-state index contributed by atoms with van der Waals surface area (Å²) in [5.74, 6) is 1.70. The van der Waals surface area contributed by atoms with Crippen LogP contribution in [0, 0.1) is 0 Å². The highest BCUT2D eigenvalue weighted by Crippen LogP contribution is 2.33. The molecular weight excluding hydrogens is 288 g/mol. The molecule has 0 fully saturated rings. The number of fused-ring (bicyclic) bond motifs is 1. The lowest BCUT2D eigenvalue weighted by molar-refractivity contribution is 0.891. The molecule has 0 unspecified atom stereocenters. The highest BCUT2D eigenvalue weighted by atomic mass is 32.2. The first-order chi connectivity index (χ1) is 9.78. The zero-order valence-electron chi connectivity index (χ0n) is 11.3. The largest absolute Gasteiger partial charge is 0.373 e. The normalized spacial score (nSPS) is 10.9. The second kappa shape index (κ2) is 5.76. The van der Waals surface area contributed by atoms with Crippen LogP contribution in [0.5, 0.6) is 0 Å². The van der Waals surface area contributed by atoms with Crippen molar-refractivity contribution in [1.29, 1.82) is 0 Å². The summed E-state index contributed by atoms with van der Waals surface area (Å²) >= 11 is 3.28. The van der Waals surface area contributed by atoms with E-state index in [1.807, 2.05) is 31.3 Å². The Balaban J connectivity index is 1.93. The fourth-order valence-electron chi connectivity index (χ4n) is 1.80. The molecule has 0 atom stereocenters. The molecule has 0 aliphatic heterocycles. The highest BCUT2D eigenvalue weighted by molar-refractivity contribution is 8.01. The third-order valence-corrected chi connectivity index (χ3v) is 4.80. The first-order valence-corrected chi connectivity index (χ1v) is 8.01. The van der Waals surface area contributed by atoms with Crippen LogP contribution in [-0.4, -0.2) is 22.0 Å². The van der Waals surface area contributed by atoms with Crippen molar-refractivity contribution in [3.63, 3.8) is 0 Å². The Morgan fingerprint density at radius 2 is 2.05 bits per heavy atom. The standard InChI is InChI=1S/C14H14N4S2/c1-3-11-17-12(15-2)8-13(18-11)20-14-16-9-6-4-5-7-10(9)19-14/h4-8H,3H2,1-2H3,(H,15,17,18). The molecule has 0 aliphatic carbocycles. The fraction of sp³-hybridized carbons (Fsp3) is 0.214. The number of thiazole rings is 1. The lowest BCUT2D eigenvalue weighted by Crippen LogP contribution is -1.99. The van der Waals surface area contributed by atoms with Crippen LogP contribution in [0.25, 0.3) is 10.2 Å². The van der Waals surface area contributed by atoms with Gasteiger partial charge in [-0.25, -0.2) is 15.0 Å². The quantitative estimate of drug-likeness (QED) is 0.742. The number of hydrogen-bond donors (Lipinski definition) is 1. The Hall–Kier alpha value is -1.66. The maximum absolute atomic E-state index is 4.62. The van der Waals surface area contributed by atoms with E-state index in [0.717, 1.165) is 32.9 Å². The van der Waals surface area contributed by atoms with Crippen LogP contribution in [0.4, 0.5) is 5.82 Å². The van der Waals surface area contributed by atoms with Gasteiger partial charge < -0.3 is 5.32 Å². The van der Waals surface area contributed by atoms with E-state index >= 15 is 0 Å². The van der Waals surface area contributed by atoms with Crippen LogP contribution in [0.15, 0.2) is 39.7 Å². The molecule has 2 aromatic heterocycles. The maximum Gasteiger partial charge on any atom is 0.157 e. The summed E-state index contributed by atoms with van der Waals surface area (Å²) < 4.78 is 2.21. The summed E-state index contributed by atoms with van der Waals surface area (Å²) in [7, 11) is 1.87. The number of benzene rings is 1. The lowest BCUT2D eigenvalue weighted by atomic mass is 10.3. The average molecular weight is 302 g/mol. The molecule has 20 heavy (non-hydrogen) atoms. The van der Waals surface area contributed by atoms with Gasteiger partial charge in [-0.15, -0.1) is 11.3 Å². The number of anilines is 1. The first-order valence-electron chi connectivity index (χ1n) is 6.37. The van der Waals surface area contributed by atoms with Crippen LogP contribution >= 0.6 is 23.1 Å². The van der Waals surface area contributed by atoms with Crippen molar-refractivity contribution in [1.82, 2.24) is 15.0 Å². The van der Waals surface area contributed by atoms with Crippen LogP contribution < -0.4 is 5.32 Å². The SMILES string of the molecule is CCc1nc(NC)cc(Sc2nc3ccccc3s2)n1. The summed E-state index contributed by atoms with van der Waals surface area (Å²) in [6, 6.07) is 10.1. The number of hydrogen-bond acceptors (Lipinski definition) is 6. The van der Waals surface area contributed by atoms with Gasteiger partial charge in [0.15, 0.2) is 4.34 Å². The highest BCUT2D eigenvalue weighted by Gasteiger charge is 2.08. The molecule has 0 spiro atoms. The third kappa shape index (κ3) is 2.76. The number of para-hydroxylation sites is 1. The average Bonchev–Trinajstić information content (AvgIpc) is 2.88. The van der Waals surface area contributed by atoms with Crippen LogP contribution in [-0.2, 0) is 6.42 Å². The zero-order chi connectivity index (χ0) is 13.9. The van der Waals surface area contributed by atoms with E-state index < -0.39 is 0 Å². The molecular formula is C14H14N4S2. The summed E-state index contributed by atoms with van der Waals surface area (Å²) in [5.41, 5.74) is 1.04. The topological polar surface area (TPSA) is 50.7 Å². The van der Waals surface area contributed by atoms with Crippen molar-refractivity contribution in [2.75, 3.05) is 12.4 Å². The van der Waals surface area contributed by atoms with Crippen LogP contribution in [0.3, 0.4) is 0 Å². The molecule has 102 valence electrons. The maximum atomic E-state index is 4.62. The zero-order valence-corrected chi connectivity index (χ0v) is 12.9. The number of rotatable bonds is 4. The molecule has 0 saturated carbocycles. The van der Waals surface area contributed by atoms with Gasteiger partial charge in [0.1, 0.15) is 16.7 Å². The van der Waals surface area contributed by atoms with Gasteiger partial charge in [0.05, 0.1) is 10.2 Å². The van der Waals surface area contributed by atoms with Gasteiger partial charge in [-0.05, 0) is 23.9 Å². The van der Waals surface area contributed by atoms with Gasteiger partial charge in [0, 0.05) is 19.5 Å². The number of aromatic nitrogens is 3. The summed E-state index contributed by atoms with van der Waals surface area (Å²) in [4.78, 5) is 13.6. The van der Waals surface area contributed by atoms with E-state index in [-0.39, 0.29) is 0 Å². The molecule has 0 bridgehead atoms. The van der Waals surface area contributed by atoms with Crippen molar-refractivity contribution < 1.29 is 0 Å². The Labute approximate surface area is 125 Å². The first kappa shape index (κ1) is 13.3.